The molecule has 0 saturated heterocycles. The van der Waals surface area contributed by atoms with E-state index in [-0.39, 0.29) is 5.56 Å². The number of aromatic carboxylic acids is 1. The lowest BCUT2D eigenvalue weighted by atomic mass is 10.2. The summed E-state index contributed by atoms with van der Waals surface area (Å²) in [5, 5.41) is 16.7. The molecule has 2 aromatic heterocycles. The second-order valence-corrected chi connectivity index (χ2v) is 3.41. The van der Waals surface area contributed by atoms with E-state index in [2.05, 4.69) is 10.2 Å². The Morgan fingerprint density at radius 1 is 1.39 bits per heavy atom. The van der Waals surface area contributed by atoms with Gasteiger partial charge in [0.1, 0.15) is 5.82 Å². The van der Waals surface area contributed by atoms with E-state index < -0.39 is 5.97 Å². The molecule has 0 unspecified atom stereocenters. The molecule has 6 nitrogen and oxygen atoms in total. The molecule has 0 aliphatic carbocycles. The van der Waals surface area contributed by atoms with E-state index in [1.165, 1.54) is 6.07 Å². The van der Waals surface area contributed by atoms with E-state index >= 15 is 0 Å². The van der Waals surface area contributed by atoms with Gasteiger partial charge in [0.2, 0.25) is 0 Å². The summed E-state index contributed by atoms with van der Waals surface area (Å²) in [5.41, 5.74) is 1.43. The van der Waals surface area contributed by atoms with Gasteiger partial charge in [0.15, 0.2) is 5.65 Å². The van der Waals surface area contributed by atoms with Gasteiger partial charge in [-0.2, -0.15) is 0 Å². The largest absolute Gasteiger partial charge is 0.478 e. The summed E-state index contributed by atoms with van der Waals surface area (Å²) >= 11 is 0. The van der Waals surface area contributed by atoms with Gasteiger partial charge in [-0.3, -0.25) is 4.40 Å². The summed E-state index contributed by atoms with van der Waals surface area (Å²) < 4.78 is 6.80. The van der Waals surface area contributed by atoms with Crippen LogP contribution in [0.1, 0.15) is 35.7 Å². The van der Waals surface area contributed by atoms with E-state index in [0.717, 1.165) is 5.69 Å². The van der Waals surface area contributed by atoms with E-state index in [9.17, 15) is 4.79 Å². The van der Waals surface area contributed by atoms with Crippen molar-refractivity contribution in [1.29, 1.82) is 0 Å². The summed E-state index contributed by atoms with van der Waals surface area (Å²) in [5.74, 6) is -0.278. The van der Waals surface area contributed by atoms with Crippen LogP contribution < -0.4 is 0 Å². The molecule has 0 aromatic carbocycles. The number of rotatable bonds is 3. The van der Waals surface area contributed by atoms with Gasteiger partial charge in [-0.1, -0.05) is 13.8 Å². The van der Waals surface area contributed by atoms with E-state index in [4.69, 9.17) is 9.84 Å². The Morgan fingerprint density at radius 3 is 2.61 bits per heavy atom. The minimum absolute atomic E-state index is 0.187. The number of pyridine rings is 1. The van der Waals surface area contributed by atoms with Crippen LogP contribution in [0.15, 0.2) is 12.1 Å². The quantitative estimate of drug-likeness (QED) is 0.901. The predicted molar refractivity (Wildman–Crippen MR) is 66.7 cm³/mol. The molecule has 2 heterocycles. The summed E-state index contributed by atoms with van der Waals surface area (Å²) in [6.45, 7) is 6.12. The van der Waals surface area contributed by atoms with Gasteiger partial charge in [0.25, 0.3) is 0 Å². The second-order valence-electron chi connectivity index (χ2n) is 3.41. The highest BCUT2D eigenvalue weighted by atomic mass is 16.5. The van der Waals surface area contributed by atoms with Gasteiger partial charge in [-0.15, -0.1) is 10.2 Å². The third kappa shape index (κ3) is 2.65. The standard InChI is InChI=1S/C10H11N3O3.C2H6/c1-6-11-12-9-4-7(10(14)15)3-8(5-16-2)13(6)9;1-2/h3-4H,5H2,1-2H3,(H,14,15);1-2H3. The zero-order chi connectivity index (χ0) is 13.7. The van der Waals surface area contributed by atoms with Crippen LogP contribution in [0.3, 0.4) is 0 Å². The minimum atomic E-state index is -0.986. The fourth-order valence-corrected chi connectivity index (χ4v) is 1.63. The van der Waals surface area contributed by atoms with Crippen LogP contribution in [0.2, 0.25) is 0 Å². The molecule has 1 N–H and O–H groups in total. The van der Waals surface area contributed by atoms with Gasteiger partial charge >= 0.3 is 5.97 Å². The van der Waals surface area contributed by atoms with Crippen molar-refractivity contribution in [1.82, 2.24) is 14.6 Å². The van der Waals surface area contributed by atoms with Gasteiger partial charge in [-0.25, -0.2) is 4.79 Å². The number of methoxy groups -OCH3 is 1. The molecule has 0 spiro atoms. The first kappa shape index (κ1) is 14.1. The van der Waals surface area contributed by atoms with Gasteiger partial charge in [-0.05, 0) is 19.1 Å². The number of hydrogen-bond acceptors (Lipinski definition) is 4. The molecule has 0 aliphatic heterocycles. The predicted octanol–water partition coefficient (Wildman–Crippen LogP) is 1.91. The highest BCUT2D eigenvalue weighted by Gasteiger charge is 2.12. The SMILES string of the molecule is CC.COCc1cc(C(=O)O)cc2nnc(C)n12. The number of aromatic nitrogens is 3. The third-order valence-electron chi connectivity index (χ3n) is 2.28. The fraction of sp³-hybridized carbons (Fsp3) is 0.417. The normalized spacial score (nSPS) is 10.0. The first-order valence-corrected chi connectivity index (χ1v) is 5.70. The van der Waals surface area contributed by atoms with Gasteiger partial charge < -0.3 is 9.84 Å². The maximum Gasteiger partial charge on any atom is 0.335 e. The highest BCUT2D eigenvalue weighted by molar-refractivity contribution is 5.88. The molecule has 0 atom stereocenters. The number of hydrogen-bond donors (Lipinski definition) is 1. The van der Waals surface area contributed by atoms with Crippen LogP contribution in [-0.2, 0) is 11.3 Å². The Kier molecular flexibility index (Phi) is 4.79. The van der Waals surface area contributed by atoms with Crippen molar-refractivity contribution in [3.05, 3.63) is 29.2 Å². The third-order valence-corrected chi connectivity index (χ3v) is 2.28. The zero-order valence-electron chi connectivity index (χ0n) is 11.0. The van der Waals surface area contributed by atoms with E-state index in [1.807, 2.05) is 13.8 Å². The number of carboxylic acids is 1. The average molecular weight is 251 g/mol. The van der Waals surface area contributed by atoms with Crippen molar-refractivity contribution in [2.75, 3.05) is 7.11 Å². The van der Waals surface area contributed by atoms with E-state index in [1.54, 1.807) is 24.5 Å². The summed E-state index contributed by atoms with van der Waals surface area (Å²) in [6.07, 6.45) is 0. The van der Waals surface area contributed by atoms with Gasteiger partial charge in [0.05, 0.1) is 17.9 Å². The number of aryl methyl sites for hydroxylation is 1. The molecule has 0 saturated carbocycles. The molecule has 0 radical (unpaired) electrons. The van der Waals surface area contributed by atoms with Crippen LogP contribution in [0, 0.1) is 6.92 Å². The molecular weight excluding hydrogens is 234 g/mol. The van der Waals surface area contributed by atoms with Crippen molar-refractivity contribution in [2.24, 2.45) is 0 Å². The van der Waals surface area contributed by atoms with E-state index in [0.29, 0.717) is 18.1 Å². The Bertz CT molecular complexity index is 549. The van der Waals surface area contributed by atoms with Crippen molar-refractivity contribution in [3.8, 4) is 0 Å². The topological polar surface area (TPSA) is 76.7 Å². The summed E-state index contributed by atoms with van der Waals surface area (Å²) in [6, 6.07) is 3.05. The van der Waals surface area contributed by atoms with Crippen LogP contribution in [0.4, 0.5) is 0 Å². The fourth-order valence-electron chi connectivity index (χ4n) is 1.63. The molecule has 2 aromatic rings. The van der Waals surface area contributed by atoms with Crippen molar-refractivity contribution < 1.29 is 14.6 Å². The van der Waals surface area contributed by atoms with Crippen molar-refractivity contribution in [3.63, 3.8) is 0 Å². The Morgan fingerprint density at radius 2 is 2.06 bits per heavy atom. The first-order valence-electron chi connectivity index (χ1n) is 5.70. The Balaban J connectivity index is 0.000000771. The number of carboxylic acid groups (broad SMARTS) is 1. The molecule has 6 heteroatoms. The molecule has 98 valence electrons. The maximum absolute atomic E-state index is 10.9. The van der Waals surface area contributed by atoms with Gasteiger partial charge in [0, 0.05) is 7.11 Å². The summed E-state index contributed by atoms with van der Waals surface area (Å²) in [4.78, 5) is 10.9. The minimum Gasteiger partial charge on any atom is -0.478 e. The smallest absolute Gasteiger partial charge is 0.335 e. The monoisotopic (exact) mass is 251 g/mol. The molecule has 0 amide bonds. The Hall–Kier alpha value is -1.95. The number of ether oxygens (including phenoxy) is 1. The molecule has 0 fully saturated rings. The van der Waals surface area contributed by atoms with Crippen molar-refractivity contribution in [2.45, 2.75) is 27.4 Å². The zero-order valence-corrected chi connectivity index (χ0v) is 11.0. The molecular formula is C12H17N3O3. The van der Waals surface area contributed by atoms with Crippen LogP contribution in [0.5, 0.6) is 0 Å². The Labute approximate surface area is 105 Å². The average Bonchev–Trinajstić information content (AvgIpc) is 2.74. The van der Waals surface area contributed by atoms with Crippen molar-refractivity contribution >= 4 is 11.6 Å². The molecule has 18 heavy (non-hydrogen) atoms. The van der Waals surface area contributed by atoms with Crippen LogP contribution in [0.25, 0.3) is 5.65 Å². The van der Waals surface area contributed by atoms with Crippen LogP contribution in [-0.4, -0.2) is 32.8 Å². The number of fused-ring (bicyclic) bond motifs is 1. The molecule has 0 aliphatic rings. The lowest BCUT2D eigenvalue weighted by Crippen LogP contribution is -2.05. The number of carbonyl (C=O) groups is 1. The lowest BCUT2D eigenvalue weighted by Gasteiger charge is -2.06. The molecule has 2 rings (SSSR count). The highest BCUT2D eigenvalue weighted by Crippen LogP contribution is 2.13. The first-order chi connectivity index (χ1) is 8.63. The van der Waals surface area contributed by atoms with Crippen LogP contribution >= 0.6 is 0 Å². The lowest BCUT2D eigenvalue weighted by molar-refractivity contribution is 0.0696. The number of nitrogens with zero attached hydrogens (tertiary/aromatic N) is 3. The summed E-state index contributed by atoms with van der Waals surface area (Å²) in [7, 11) is 1.55. The molecule has 0 bridgehead atoms. The second kappa shape index (κ2) is 6.11. The maximum atomic E-state index is 10.9.